The molecule has 1 heterocycles. The Bertz CT molecular complexity index is 357. The molecule has 0 fully saturated rings. The lowest BCUT2D eigenvalue weighted by Gasteiger charge is -2.24. The second-order valence-electron chi connectivity index (χ2n) is 4.18. The second-order valence-corrected chi connectivity index (χ2v) is 4.18. The molecule has 0 aliphatic carbocycles. The van der Waals surface area contributed by atoms with Crippen molar-refractivity contribution in [1.82, 2.24) is 15.1 Å². The number of nitriles is 1. The van der Waals surface area contributed by atoms with Gasteiger partial charge in [-0.15, -0.1) is 0 Å². The predicted octanol–water partition coefficient (Wildman–Crippen LogP) is 1.86. The van der Waals surface area contributed by atoms with Crippen LogP contribution < -0.4 is 5.32 Å². The van der Waals surface area contributed by atoms with E-state index in [4.69, 9.17) is 5.26 Å². The molecule has 0 radical (unpaired) electrons. The van der Waals surface area contributed by atoms with Gasteiger partial charge in [-0.25, -0.2) is 0 Å². The van der Waals surface area contributed by atoms with Crippen LogP contribution in [0.4, 0.5) is 0 Å². The highest BCUT2D eigenvalue weighted by Gasteiger charge is 2.24. The van der Waals surface area contributed by atoms with Crippen LogP contribution in [0.1, 0.15) is 31.7 Å². The Balaban J connectivity index is 2.43. The van der Waals surface area contributed by atoms with Crippen molar-refractivity contribution in [2.45, 2.75) is 45.2 Å². The summed E-state index contributed by atoms with van der Waals surface area (Å²) in [5.41, 5.74) is 0.804. The van der Waals surface area contributed by atoms with Crippen LogP contribution in [0, 0.1) is 18.3 Å². The molecule has 1 aromatic heterocycles. The van der Waals surface area contributed by atoms with Gasteiger partial charge in [0.1, 0.15) is 5.54 Å². The summed E-state index contributed by atoms with van der Waals surface area (Å²) in [4.78, 5) is 0. The predicted molar refractivity (Wildman–Crippen MR) is 63.9 cm³/mol. The molecule has 1 atom stereocenters. The maximum Gasteiger partial charge on any atom is 0.106 e. The van der Waals surface area contributed by atoms with Crippen molar-refractivity contribution in [3.63, 3.8) is 0 Å². The van der Waals surface area contributed by atoms with Gasteiger partial charge in [-0.05, 0) is 38.8 Å². The highest BCUT2D eigenvalue weighted by atomic mass is 15.3. The minimum atomic E-state index is -0.373. The molecule has 0 bridgehead atoms. The van der Waals surface area contributed by atoms with E-state index in [1.54, 1.807) is 0 Å². The fourth-order valence-corrected chi connectivity index (χ4v) is 1.80. The quantitative estimate of drug-likeness (QED) is 0.796. The first kappa shape index (κ1) is 12.7. The molecule has 0 aliphatic rings. The van der Waals surface area contributed by atoms with E-state index in [0.29, 0.717) is 0 Å². The smallest absolute Gasteiger partial charge is 0.106 e. The average molecular weight is 220 g/mol. The van der Waals surface area contributed by atoms with Gasteiger partial charge >= 0.3 is 0 Å². The van der Waals surface area contributed by atoms with Gasteiger partial charge in [-0.3, -0.25) is 4.68 Å². The summed E-state index contributed by atoms with van der Waals surface area (Å²) in [5.74, 6) is 0. The Morgan fingerprint density at radius 1 is 1.62 bits per heavy atom. The first-order valence-electron chi connectivity index (χ1n) is 5.75. The molecule has 4 nitrogen and oxygen atoms in total. The summed E-state index contributed by atoms with van der Waals surface area (Å²) in [7, 11) is 1.85. The molecule has 0 spiro atoms. The van der Waals surface area contributed by atoms with Gasteiger partial charge in [-0.1, -0.05) is 6.92 Å². The van der Waals surface area contributed by atoms with Crippen molar-refractivity contribution in [3.05, 3.63) is 18.0 Å². The zero-order valence-electron chi connectivity index (χ0n) is 10.3. The Labute approximate surface area is 97.3 Å². The minimum Gasteiger partial charge on any atom is -0.302 e. The Morgan fingerprint density at radius 3 is 2.81 bits per heavy atom. The number of hydrogen-bond acceptors (Lipinski definition) is 3. The standard InChI is InChI=1S/C12H20N4/c1-4-12(10-13,14-3)6-5-7-16-9-11(2)8-15-16/h8-9,14H,4-7H2,1-3H3. The summed E-state index contributed by atoms with van der Waals surface area (Å²) < 4.78 is 1.93. The van der Waals surface area contributed by atoms with Crippen LogP contribution in [0.15, 0.2) is 12.4 Å². The molecule has 4 heteroatoms. The molecule has 1 N–H and O–H groups in total. The van der Waals surface area contributed by atoms with Gasteiger partial charge in [0.15, 0.2) is 0 Å². The zero-order chi connectivity index (χ0) is 12.0. The van der Waals surface area contributed by atoms with Crippen molar-refractivity contribution in [2.75, 3.05) is 7.05 Å². The SMILES string of the molecule is CCC(C#N)(CCCn1cc(C)cn1)NC. The van der Waals surface area contributed by atoms with Crippen molar-refractivity contribution in [2.24, 2.45) is 0 Å². The third-order valence-electron chi connectivity index (χ3n) is 3.05. The maximum absolute atomic E-state index is 9.14. The Morgan fingerprint density at radius 2 is 2.38 bits per heavy atom. The van der Waals surface area contributed by atoms with Gasteiger partial charge in [0.2, 0.25) is 0 Å². The van der Waals surface area contributed by atoms with E-state index in [9.17, 15) is 0 Å². The lowest BCUT2D eigenvalue weighted by molar-refractivity contribution is 0.375. The van der Waals surface area contributed by atoms with Gasteiger partial charge in [0, 0.05) is 12.7 Å². The number of nitrogens with zero attached hydrogens (tertiary/aromatic N) is 3. The summed E-state index contributed by atoms with van der Waals surface area (Å²) in [6.07, 6.45) is 6.53. The molecule has 0 aromatic carbocycles. The van der Waals surface area contributed by atoms with Crippen LogP contribution in [-0.2, 0) is 6.54 Å². The van der Waals surface area contributed by atoms with Crippen molar-refractivity contribution in [1.29, 1.82) is 5.26 Å². The molecule has 1 aromatic rings. The van der Waals surface area contributed by atoms with E-state index in [1.165, 1.54) is 5.56 Å². The summed E-state index contributed by atoms with van der Waals surface area (Å²) in [6.45, 7) is 4.94. The third kappa shape index (κ3) is 3.07. The van der Waals surface area contributed by atoms with Crippen LogP contribution in [0.2, 0.25) is 0 Å². The lowest BCUT2D eigenvalue weighted by Crippen LogP contribution is -2.40. The van der Waals surface area contributed by atoms with Crippen LogP contribution in [-0.4, -0.2) is 22.4 Å². The molecular formula is C12H20N4. The molecule has 16 heavy (non-hydrogen) atoms. The first-order chi connectivity index (χ1) is 7.65. The highest BCUT2D eigenvalue weighted by Crippen LogP contribution is 2.16. The van der Waals surface area contributed by atoms with Crippen LogP contribution in [0.25, 0.3) is 0 Å². The Kier molecular flexibility index (Phi) is 4.51. The van der Waals surface area contributed by atoms with E-state index in [1.807, 2.05) is 38.0 Å². The molecule has 88 valence electrons. The number of nitrogens with one attached hydrogen (secondary N) is 1. The molecule has 0 saturated carbocycles. The number of hydrogen-bond donors (Lipinski definition) is 1. The second kappa shape index (κ2) is 5.66. The van der Waals surface area contributed by atoms with E-state index >= 15 is 0 Å². The monoisotopic (exact) mass is 220 g/mol. The molecule has 1 rings (SSSR count). The molecule has 0 amide bonds. The normalized spacial score (nSPS) is 14.4. The van der Waals surface area contributed by atoms with Gasteiger partial charge in [-0.2, -0.15) is 10.4 Å². The van der Waals surface area contributed by atoms with Crippen molar-refractivity contribution < 1.29 is 0 Å². The average Bonchev–Trinajstić information content (AvgIpc) is 2.71. The summed E-state index contributed by atoms with van der Waals surface area (Å²) in [6, 6.07) is 2.37. The van der Waals surface area contributed by atoms with Gasteiger partial charge in [0.05, 0.1) is 12.3 Å². The largest absolute Gasteiger partial charge is 0.302 e. The molecule has 0 aliphatic heterocycles. The fraction of sp³-hybridized carbons (Fsp3) is 0.667. The van der Waals surface area contributed by atoms with Crippen LogP contribution >= 0.6 is 0 Å². The van der Waals surface area contributed by atoms with Crippen LogP contribution in [0.5, 0.6) is 0 Å². The topological polar surface area (TPSA) is 53.6 Å². The van der Waals surface area contributed by atoms with Crippen molar-refractivity contribution >= 4 is 0 Å². The van der Waals surface area contributed by atoms with E-state index in [0.717, 1.165) is 25.8 Å². The number of aryl methyl sites for hydroxylation is 2. The molecular weight excluding hydrogens is 200 g/mol. The molecule has 0 saturated heterocycles. The van der Waals surface area contributed by atoms with Crippen molar-refractivity contribution in [3.8, 4) is 6.07 Å². The molecule has 1 unspecified atom stereocenters. The van der Waals surface area contributed by atoms with Crippen LogP contribution in [0.3, 0.4) is 0 Å². The number of rotatable bonds is 6. The number of aromatic nitrogens is 2. The van der Waals surface area contributed by atoms with Gasteiger partial charge in [0.25, 0.3) is 0 Å². The zero-order valence-corrected chi connectivity index (χ0v) is 10.3. The highest BCUT2D eigenvalue weighted by molar-refractivity contribution is 5.05. The Hall–Kier alpha value is -1.34. The third-order valence-corrected chi connectivity index (χ3v) is 3.05. The summed E-state index contributed by atoms with van der Waals surface area (Å²) >= 11 is 0. The minimum absolute atomic E-state index is 0.373. The fourth-order valence-electron chi connectivity index (χ4n) is 1.80. The van der Waals surface area contributed by atoms with E-state index < -0.39 is 0 Å². The summed E-state index contributed by atoms with van der Waals surface area (Å²) in [5, 5.41) is 16.5. The van der Waals surface area contributed by atoms with Gasteiger partial charge < -0.3 is 5.32 Å². The maximum atomic E-state index is 9.14. The van der Waals surface area contributed by atoms with E-state index in [2.05, 4.69) is 16.5 Å². The van der Waals surface area contributed by atoms with E-state index in [-0.39, 0.29) is 5.54 Å². The first-order valence-corrected chi connectivity index (χ1v) is 5.75. The lowest BCUT2D eigenvalue weighted by atomic mass is 9.92.